The molecule has 1 aromatic carbocycles. The van der Waals surface area contributed by atoms with Crippen LogP contribution in [-0.4, -0.2) is 15.4 Å². The highest BCUT2D eigenvalue weighted by molar-refractivity contribution is 6.31. The quantitative estimate of drug-likeness (QED) is 0.569. The summed E-state index contributed by atoms with van der Waals surface area (Å²) in [4.78, 5) is 0. The van der Waals surface area contributed by atoms with Crippen LogP contribution in [0.15, 0.2) is 24.4 Å². The minimum Gasteiger partial charge on any atom is -0.271 e. The number of hydrogen-bond donors (Lipinski definition) is 3. The largest absolute Gasteiger partial charge is 0.271 e. The van der Waals surface area contributed by atoms with Gasteiger partial charge in [-0.3, -0.25) is 11.3 Å². The van der Waals surface area contributed by atoms with E-state index in [0.29, 0.717) is 22.7 Å². The maximum absolute atomic E-state index is 13.1. The molecule has 2 rings (SSSR count). The van der Waals surface area contributed by atoms with Gasteiger partial charge in [0.15, 0.2) is 0 Å². The summed E-state index contributed by atoms with van der Waals surface area (Å²) in [5.41, 5.74) is 3.91. The summed E-state index contributed by atoms with van der Waals surface area (Å²) in [6.07, 6.45) is 1.98. The average Bonchev–Trinajstić information content (AvgIpc) is 2.84. The van der Waals surface area contributed by atoms with Gasteiger partial charge in [-0.05, 0) is 30.2 Å². The van der Waals surface area contributed by atoms with Gasteiger partial charge in [0.2, 0.25) is 0 Å². The molecular formula is C10H11ClFN5. The molecule has 17 heavy (non-hydrogen) atoms. The predicted molar refractivity (Wildman–Crippen MR) is 61.6 cm³/mol. The van der Waals surface area contributed by atoms with E-state index in [0.717, 1.165) is 0 Å². The van der Waals surface area contributed by atoms with Crippen LogP contribution in [-0.2, 0) is 6.42 Å². The van der Waals surface area contributed by atoms with Crippen molar-refractivity contribution in [1.29, 1.82) is 0 Å². The van der Waals surface area contributed by atoms with Crippen molar-refractivity contribution in [3.63, 3.8) is 0 Å². The lowest BCUT2D eigenvalue weighted by molar-refractivity contribution is 0.534. The summed E-state index contributed by atoms with van der Waals surface area (Å²) in [5.74, 6) is 5.10. The Labute approximate surface area is 102 Å². The smallest absolute Gasteiger partial charge is 0.123 e. The van der Waals surface area contributed by atoms with Gasteiger partial charge in [-0.2, -0.15) is 15.4 Å². The summed E-state index contributed by atoms with van der Waals surface area (Å²) in [6, 6.07) is 3.94. The zero-order valence-electron chi connectivity index (χ0n) is 8.82. The maximum Gasteiger partial charge on any atom is 0.123 e. The van der Waals surface area contributed by atoms with E-state index in [4.69, 9.17) is 17.4 Å². The molecule has 1 aromatic heterocycles. The van der Waals surface area contributed by atoms with E-state index in [2.05, 4.69) is 20.8 Å². The third kappa shape index (κ3) is 2.79. The molecule has 90 valence electrons. The summed E-state index contributed by atoms with van der Waals surface area (Å²) in [6.45, 7) is 0. The van der Waals surface area contributed by atoms with Crippen molar-refractivity contribution in [2.24, 2.45) is 5.84 Å². The third-order valence-electron chi connectivity index (χ3n) is 2.42. The first-order valence-electron chi connectivity index (χ1n) is 4.96. The fourth-order valence-electron chi connectivity index (χ4n) is 1.55. The first-order chi connectivity index (χ1) is 8.20. The van der Waals surface area contributed by atoms with Gasteiger partial charge in [0.25, 0.3) is 0 Å². The number of hydrazine groups is 1. The molecule has 0 spiro atoms. The fraction of sp³-hybridized carbons (Fsp3) is 0.200. The minimum absolute atomic E-state index is 0.270. The molecule has 0 amide bonds. The highest BCUT2D eigenvalue weighted by Crippen LogP contribution is 2.22. The Balaban J connectivity index is 2.21. The van der Waals surface area contributed by atoms with Gasteiger partial charge in [-0.1, -0.05) is 11.6 Å². The molecule has 0 radical (unpaired) electrons. The number of nitrogens with two attached hydrogens (primary N) is 1. The lowest BCUT2D eigenvalue weighted by atomic mass is 10.0. The first-order valence-corrected chi connectivity index (χ1v) is 5.34. The van der Waals surface area contributed by atoms with Gasteiger partial charge < -0.3 is 0 Å². The Kier molecular flexibility index (Phi) is 3.68. The van der Waals surface area contributed by atoms with Gasteiger partial charge in [-0.15, -0.1) is 0 Å². The number of nitrogens with zero attached hydrogens (tertiary/aromatic N) is 2. The van der Waals surface area contributed by atoms with E-state index in [9.17, 15) is 4.39 Å². The van der Waals surface area contributed by atoms with Gasteiger partial charge >= 0.3 is 0 Å². The van der Waals surface area contributed by atoms with Crippen LogP contribution in [0.1, 0.15) is 17.3 Å². The van der Waals surface area contributed by atoms with Gasteiger partial charge in [-0.25, -0.2) is 4.39 Å². The van der Waals surface area contributed by atoms with Crippen molar-refractivity contribution in [2.75, 3.05) is 0 Å². The molecule has 0 bridgehead atoms. The van der Waals surface area contributed by atoms with Gasteiger partial charge in [0.1, 0.15) is 11.5 Å². The van der Waals surface area contributed by atoms with Crippen molar-refractivity contribution in [1.82, 2.24) is 20.8 Å². The topological polar surface area (TPSA) is 79.6 Å². The molecule has 0 aliphatic rings. The van der Waals surface area contributed by atoms with Gasteiger partial charge in [0.05, 0.1) is 12.2 Å². The Morgan fingerprint density at radius 3 is 3.00 bits per heavy atom. The van der Waals surface area contributed by atoms with E-state index >= 15 is 0 Å². The molecule has 0 aliphatic heterocycles. The predicted octanol–water partition coefficient (Wildman–Crippen LogP) is 1.34. The molecule has 0 saturated carbocycles. The van der Waals surface area contributed by atoms with Crippen LogP contribution in [0.5, 0.6) is 0 Å². The van der Waals surface area contributed by atoms with Crippen LogP contribution in [0.3, 0.4) is 0 Å². The number of H-pyrrole nitrogens is 1. The van der Waals surface area contributed by atoms with E-state index < -0.39 is 0 Å². The van der Waals surface area contributed by atoms with Crippen molar-refractivity contribution >= 4 is 11.6 Å². The second-order valence-corrected chi connectivity index (χ2v) is 3.96. The normalized spacial score (nSPS) is 12.6. The molecule has 1 heterocycles. The number of halogens is 2. The number of nitrogens with one attached hydrogen (secondary N) is 2. The highest BCUT2D eigenvalue weighted by Gasteiger charge is 2.15. The van der Waals surface area contributed by atoms with E-state index in [-0.39, 0.29) is 11.9 Å². The van der Waals surface area contributed by atoms with Crippen molar-refractivity contribution in [3.05, 3.63) is 46.5 Å². The molecular weight excluding hydrogens is 245 g/mol. The molecule has 7 heteroatoms. The number of rotatable bonds is 4. The molecule has 0 aliphatic carbocycles. The van der Waals surface area contributed by atoms with Gasteiger partial charge in [0, 0.05) is 5.02 Å². The summed E-state index contributed by atoms with van der Waals surface area (Å²) >= 11 is 5.98. The fourth-order valence-corrected chi connectivity index (χ4v) is 1.74. The highest BCUT2D eigenvalue weighted by atomic mass is 35.5. The Morgan fingerprint density at radius 1 is 1.53 bits per heavy atom. The van der Waals surface area contributed by atoms with Crippen molar-refractivity contribution in [3.8, 4) is 0 Å². The molecule has 2 aromatic rings. The molecule has 1 unspecified atom stereocenters. The Morgan fingerprint density at radius 2 is 2.35 bits per heavy atom. The Hall–Kier alpha value is -1.50. The van der Waals surface area contributed by atoms with Crippen LogP contribution in [0.4, 0.5) is 4.39 Å². The van der Waals surface area contributed by atoms with Crippen LogP contribution < -0.4 is 11.3 Å². The molecule has 0 saturated heterocycles. The standard InChI is InChI=1S/C10H11ClFN5/c11-8-2-1-7(12)3-6(8)4-9(15-13)10-5-14-17-16-10/h1-3,5,9,15H,4,13H2,(H,14,16,17). The summed E-state index contributed by atoms with van der Waals surface area (Å²) in [7, 11) is 0. The number of benzene rings is 1. The number of hydrogen-bond acceptors (Lipinski definition) is 4. The monoisotopic (exact) mass is 255 g/mol. The van der Waals surface area contributed by atoms with Crippen LogP contribution in [0, 0.1) is 5.82 Å². The first kappa shape index (κ1) is 12.0. The Bertz CT molecular complexity index is 487. The lowest BCUT2D eigenvalue weighted by Crippen LogP contribution is -2.30. The SMILES string of the molecule is NNC(Cc1cc(F)ccc1Cl)c1cn[nH]n1. The molecule has 1 atom stereocenters. The minimum atomic E-state index is -0.333. The number of aromatic amines is 1. The second-order valence-electron chi connectivity index (χ2n) is 3.55. The maximum atomic E-state index is 13.1. The molecule has 5 nitrogen and oxygen atoms in total. The van der Waals surface area contributed by atoms with E-state index in [1.807, 2.05) is 0 Å². The zero-order valence-corrected chi connectivity index (χ0v) is 9.58. The van der Waals surface area contributed by atoms with Crippen molar-refractivity contribution in [2.45, 2.75) is 12.5 Å². The molecule has 4 N–H and O–H groups in total. The van der Waals surface area contributed by atoms with E-state index in [1.54, 1.807) is 6.20 Å². The zero-order chi connectivity index (χ0) is 12.3. The van der Waals surface area contributed by atoms with Crippen LogP contribution >= 0.6 is 11.6 Å². The lowest BCUT2D eigenvalue weighted by Gasteiger charge is -2.13. The number of aromatic nitrogens is 3. The summed E-state index contributed by atoms with van der Waals surface area (Å²) < 4.78 is 13.1. The van der Waals surface area contributed by atoms with Crippen LogP contribution in [0.25, 0.3) is 0 Å². The third-order valence-corrected chi connectivity index (χ3v) is 2.79. The summed E-state index contributed by atoms with van der Waals surface area (Å²) in [5, 5.41) is 10.6. The average molecular weight is 256 g/mol. The van der Waals surface area contributed by atoms with Crippen LogP contribution in [0.2, 0.25) is 5.02 Å². The second kappa shape index (κ2) is 5.22. The molecule has 0 fully saturated rings. The van der Waals surface area contributed by atoms with Crippen molar-refractivity contribution < 1.29 is 4.39 Å². The van der Waals surface area contributed by atoms with E-state index in [1.165, 1.54) is 18.2 Å².